The Bertz CT molecular complexity index is 952. The smallest absolute Gasteiger partial charge is 0.407 e. The summed E-state index contributed by atoms with van der Waals surface area (Å²) in [5.74, 6) is 0.593. The maximum atomic E-state index is 11.0. The zero-order valence-corrected chi connectivity index (χ0v) is 13.7. The molecule has 4 heterocycles. The van der Waals surface area contributed by atoms with Gasteiger partial charge >= 0.3 is 6.09 Å². The molecule has 1 fully saturated rings. The van der Waals surface area contributed by atoms with E-state index in [4.69, 9.17) is 28.3 Å². The first kappa shape index (κ1) is 15.2. The SMILES string of the molecule is O=C(O)N1CCN(c2nc3nc(Cl)c(Cl)cc3n3cnnc23)CC1. The summed E-state index contributed by atoms with van der Waals surface area (Å²) in [4.78, 5) is 23.1. The highest BCUT2D eigenvalue weighted by Gasteiger charge is 2.24. The van der Waals surface area contributed by atoms with Gasteiger partial charge in [0, 0.05) is 26.2 Å². The Kier molecular flexibility index (Phi) is 3.54. The number of fused-ring (bicyclic) bond motifs is 3. The van der Waals surface area contributed by atoms with Gasteiger partial charge in [-0.25, -0.2) is 14.8 Å². The van der Waals surface area contributed by atoms with Crippen molar-refractivity contribution < 1.29 is 9.90 Å². The van der Waals surface area contributed by atoms with E-state index in [1.165, 1.54) is 4.90 Å². The van der Waals surface area contributed by atoms with Gasteiger partial charge in [0.25, 0.3) is 0 Å². The molecule has 1 saturated heterocycles. The molecule has 0 bridgehead atoms. The monoisotopic (exact) mass is 367 g/mol. The van der Waals surface area contributed by atoms with Crippen molar-refractivity contribution in [3.63, 3.8) is 0 Å². The Hall–Kier alpha value is -2.39. The molecule has 124 valence electrons. The maximum Gasteiger partial charge on any atom is 0.407 e. The van der Waals surface area contributed by atoms with Gasteiger partial charge in [0.15, 0.2) is 11.5 Å². The third-order valence-corrected chi connectivity index (χ3v) is 4.64. The Morgan fingerprint density at radius 3 is 2.62 bits per heavy atom. The number of carbonyl (C=O) groups is 1. The van der Waals surface area contributed by atoms with E-state index >= 15 is 0 Å². The van der Waals surface area contributed by atoms with Crippen LogP contribution >= 0.6 is 23.2 Å². The van der Waals surface area contributed by atoms with Crippen LogP contribution in [0.4, 0.5) is 10.6 Å². The van der Waals surface area contributed by atoms with Crippen LogP contribution in [0.5, 0.6) is 0 Å². The highest BCUT2D eigenvalue weighted by atomic mass is 35.5. The van der Waals surface area contributed by atoms with E-state index in [0.717, 1.165) is 0 Å². The molecule has 0 unspecified atom stereocenters. The van der Waals surface area contributed by atoms with E-state index in [2.05, 4.69) is 20.2 Å². The van der Waals surface area contributed by atoms with Crippen molar-refractivity contribution in [3.8, 4) is 0 Å². The molecule has 0 radical (unpaired) electrons. The summed E-state index contributed by atoms with van der Waals surface area (Å²) in [6.07, 6.45) is 0.638. The van der Waals surface area contributed by atoms with Gasteiger partial charge in [0.1, 0.15) is 11.5 Å². The lowest BCUT2D eigenvalue weighted by atomic mass is 10.3. The molecule has 0 aliphatic carbocycles. The summed E-state index contributed by atoms with van der Waals surface area (Å²) in [6.45, 7) is 1.80. The first-order valence-electron chi connectivity index (χ1n) is 7.13. The molecule has 9 nitrogen and oxygen atoms in total. The number of amides is 1. The molecular formula is C13H11Cl2N7O2. The second-order valence-corrected chi connectivity index (χ2v) is 6.09. The standard InChI is InChI=1S/C13H11Cl2N7O2/c14-7-5-8-10(17-9(7)15)18-11(12-19-16-6-22(8)12)20-1-3-21(4-2-20)13(23)24/h5-6H,1-4H2,(H,23,24). The molecule has 1 aliphatic heterocycles. The molecule has 4 rings (SSSR count). The van der Waals surface area contributed by atoms with Gasteiger partial charge in [-0.3, -0.25) is 4.40 Å². The van der Waals surface area contributed by atoms with Crippen molar-refractivity contribution >= 4 is 51.9 Å². The Balaban J connectivity index is 1.82. The minimum absolute atomic E-state index is 0.172. The number of piperazine rings is 1. The van der Waals surface area contributed by atoms with Crippen LogP contribution in [0.2, 0.25) is 10.2 Å². The molecule has 24 heavy (non-hydrogen) atoms. The number of halogens is 2. The third kappa shape index (κ3) is 2.36. The lowest BCUT2D eigenvalue weighted by Crippen LogP contribution is -2.48. The molecule has 0 atom stereocenters. The second-order valence-electron chi connectivity index (χ2n) is 5.32. The fraction of sp³-hybridized carbons (Fsp3) is 0.308. The first-order valence-corrected chi connectivity index (χ1v) is 7.88. The van der Waals surface area contributed by atoms with Crippen LogP contribution in [0.1, 0.15) is 0 Å². The number of carboxylic acid groups (broad SMARTS) is 1. The van der Waals surface area contributed by atoms with Crippen LogP contribution in [0.15, 0.2) is 12.4 Å². The van der Waals surface area contributed by atoms with Crippen molar-refractivity contribution in [1.82, 2.24) is 29.5 Å². The van der Waals surface area contributed by atoms with Crippen LogP contribution in [-0.4, -0.2) is 66.8 Å². The largest absolute Gasteiger partial charge is 0.465 e. The van der Waals surface area contributed by atoms with Crippen molar-refractivity contribution in [2.75, 3.05) is 31.1 Å². The minimum Gasteiger partial charge on any atom is -0.465 e. The Morgan fingerprint density at radius 2 is 1.92 bits per heavy atom. The molecule has 1 amide bonds. The predicted octanol–water partition coefficient (Wildman–Crippen LogP) is 1.78. The van der Waals surface area contributed by atoms with Crippen LogP contribution in [0.3, 0.4) is 0 Å². The molecule has 0 aromatic carbocycles. The topological polar surface area (TPSA) is 99.8 Å². The van der Waals surface area contributed by atoms with Gasteiger partial charge in [0.05, 0.1) is 10.5 Å². The first-order chi connectivity index (χ1) is 11.5. The average Bonchev–Trinajstić information content (AvgIpc) is 3.05. The van der Waals surface area contributed by atoms with Gasteiger partial charge in [-0.15, -0.1) is 10.2 Å². The third-order valence-electron chi connectivity index (χ3n) is 3.96. The van der Waals surface area contributed by atoms with Gasteiger partial charge in [-0.2, -0.15) is 0 Å². The number of pyridine rings is 1. The van der Waals surface area contributed by atoms with Crippen molar-refractivity contribution in [3.05, 3.63) is 22.6 Å². The van der Waals surface area contributed by atoms with E-state index < -0.39 is 6.09 Å². The highest BCUT2D eigenvalue weighted by Crippen LogP contribution is 2.28. The molecule has 1 N–H and O–H groups in total. The quantitative estimate of drug-likeness (QED) is 0.654. The van der Waals surface area contributed by atoms with E-state index in [0.29, 0.717) is 53.8 Å². The van der Waals surface area contributed by atoms with Crippen LogP contribution in [0, 0.1) is 0 Å². The molecule has 0 saturated carbocycles. The van der Waals surface area contributed by atoms with Gasteiger partial charge < -0.3 is 14.9 Å². The zero-order valence-electron chi connectivity index (χ0n) is 12.2. The molecule has 11 heteroatoms. The molecular weight excluding hydrogens is 357 g/mol. The van der Waals surface area contributed by atoms with Crippen molar-refractivity contribution in [2.24, 2.45) is 0 Å². The number of nitrogens with zero attached hydrogens (tertiary/aromatic N) is 7. The van der Waals surface area contributed by atoms with Gasteiger partial charge in [0.2, 0.25) is 5.65 Å². The fourth-order valence-corrected chi connectivity index (χ4v) is 3.02. The van der Waals surface area contributed by atoms with E-state index in [1.807, 2.05) is 4.90 Å². The Labute approximate surface area is 145 Å². The van der Waals surface area contributed by atoms with Gasteiger partial charge in [-0.05, 0) is 6.07 Å². The second kappa shape index (κ2) is 5.60. The zero-order chi connectivity index (χ0) is 16.8. The van der Waals surface area contributed by atoms with E-state index in [9.17, 15) is 4.79 Å². The average molecular weight is 368 g/mol. The summed E-state index contributed by atoms with van der Waals surface area (Å²) < 4.78 is 1.75. The Morgan fingerprint density at radius 1 is 1.17 bits per heavy atom. The number of hydrogen-bond donors (Lipinski definition) is 1. The number of rotatable bonds is 1. The highest BCUT2D eigenvalue weighted by molar-refractivity contribution is 6.41. The summed E-state index contributed by atoms with van der Waals surface area (Å²) in [6, 6.07) is 1.67. The number of hydrogen-bond acceptors (Lipinski definition) is 6. The van der Waals surface area contributed by atoms with Crippen molar-refractivity contribution in [2.45, 2.75) is 0 Å². The van der Waals surface area contributed by atoms with Crippen LogP contribution < -0.4 is 4.90 Å². The minimum atomic E-state index is -0.920. The maximum absolute atomic E-state index is 11.0. The van der Waals surface area contributed by atoms with Crippen molar-refractivity contribution in [1.29, 1.82) is 0 Å². The summed E-state index contributed by atoms with van der Waals surface area (Å²) >= 11 is 12.0. The fourth-order valence-electron chi connectivity index (χ4n) is 2.74. The predicted molar refractivity (Wildman–Crippen MR) is 87.9 cm³/mol. The van der Waals surface area contributed by atoms with Gasteiger partial charge in [-0.1, -0.05) is 23.2 Å². The summed E-state index contributed by atoms with van der Waals surface area (Å²) in [5.41, 5.74) is 1.64. The molecule has 3 aromatic rings. The molecule has 3 aromatic heterocycles. The molecule has 1 aliphatic rings. The summed E-state index contributed by atoms with van der Waals surface area (Å²) in [7, 11) is 0. The summed E-state index contributed by atoms with van der Waals surface area (Å²) in [5, 5.41) is 17.6. The van der Waals surface area contributed by atoms with E-state index in [1.54, 1.807) is 16.8 Å². The van der Waals surface area contributed by atoms with Crippen LogP contribution in [-0.2, 0) is 0 Å². The molecule has 0 spiro atoms. The number of aromatic nitrogens is 5. The lowest BCUT2D eigenvalue weighted by molar-refractivity contribution is 0.142. The normalized spacial score (nSPS) is 15.4. The lowest BCUT2D eigenvalue weighted by Gasteiger charge is -2.33. The van der Waals surface area contributed by atoms with Crippen LogP contribution in [0.25, 0.3) is 16.8 Å². The van der Waals surface area contributed by atoms with E-state index in [-0.39, 0.29) is 5.15 Å². The number of anilines is 1.